The van der Waals surface area contributed by atoms with Gasteiger partial charge in [-0.15, -0.1) is 0 Å². The predicted octanol–water partition coefficient (Wildman–Crippen LogP) is 7.35. The molecule has 5 heterocycles. The fraction of sp³-hybridized carbons (Fsp3) is 0.286. The number of nitrogens with one attached hydrogen (secondary N) is 2. The molecule has 3 aromatic carbocycles. The lowest BCUT2D eigenvalue weighted by Crippen LogP contribution is -2.46. The molecule has 6 aromatic rings. The van der Waals surface area contributed by atoms with E-state index in [1.165, 1.54) is 25.6 Å². The molecule has 2 aliphatic heterocycles. The molecule has 0 atom stereocenters. The summed E-state index contributed by atoms with van der Waals surface area (Å²) in [4.78, 5) is 35.1. The van der Waals surface area contributed by atoms with Gasteiger partial charge in [0.05, 0.1) is 29.9 Å². The van der Waals surface area contributed by atoms with Crippen LogP contribution in [0.15, 0.2) is 97.3 Å². The molecule has 13 heteroatoms. The topological polar surface area (TPSA) is 103 Å². The lowest BCUT2D eigenvalue weighted by molar-refractivity contribution is 0.102. The lowest BCUT2D eigenvalue weighted by atomic mass is 10.0. The van der Waals surface area contributed by atoms with E-state index in [0.717, 1.165) is 62.5 Å². The number of carbonyl (C=O) groups excluding carboxylic acids is 1. The molecule has 0 saturated carbocycles. The van der Waals surface area contributed by atoms with Crippen LogP contribution in [0.3, 0.4) is 0 Å². The van der Waals surface area contributed by atoms with Gasteiger partial charge in [-0.2, -0.15) is 0 Å². The minimum Gasteiger partial charge on any atom is -0.494 e. The highest BCUT2D eigenvalue weighted by Crippen LogP contribution is 2.36. The number of hydrogen-bond acceptors (Lipinski definition) is 9. The van der Waals surface area contributed by atoms with E-state index in [-0.39, 0.29) is 5.56 Å². The van der Waals surface area contributed by atoms with E-state index in [4.69, 9.17) is 14.7 Å². The molecule has 1 amide bonds. The highest BCUT2D eigenvalue weighted by atomic mass is 19.1. The summed E-state index contributed by atoms with van der Waals surface area (Å²) in [5, 5.41) is 5.72. The van der Waals surface area contributed by atoms with Crippen LogP contribution in [0.4, 0.5) is 31.8 Å². The van der Waals surface area contributed by atoms with Gasteiger partial charge in [-0.25, -0.2) is 23.7 Å². The minimum atomic E-state index is -0.860. The van der Waals surface area contributed by atoms with Gasteiger partial charge >= 0.3 is 0 Å². The van der Waals surface area contributed by atoms with Crippen molar-refractivity contribution in [3.8, 4) is 28.4 Å². The average Bonchev–Trinajstić information content (AvgIpc) is 3.47. The number of aromatic nitrogens is 4. The third-order valence-corrected chi connectivity index (χ3v) is 10.6. The molecule has 11 nitrogen and oxygen atoms in total. The monoisotopic (exact) mass is 743 g/mol. The molecular weight excluding hydrogens is 701 g/mol. The highest BCUT2D eigenvalue weighted by Gasteiger charge is 2.27. The van der Waals surface area contributed by atoms with Crippen LogP contribution in [0.25, 0.3) is 28.3 Å². The Balaban J connectivity index is 1.03. The van der Waals surface area contributed by atoms with Crippen LogP contribution in [0.2, 0.25) is 0 Å². The Morgan fingerprint density at radius 3 is 2.49 bits per heavy atom. The molecule has 2 saturated heterocycles. The largest absolute Gasteiger partial charge is 0.494 e. The number of rotatable bonds is 9. The van der Waals surface area contributed by atoms with Crippen molar-refractivity contribution in [2.75, 3.05) is 69.0 Å². The summed E-state index contributed by atoms with van der Waals surface area (Å²) in [6, 6.07) is 24.5. The van der Waals surface area contributed by atoms with Crippen molar-refractivity contribution >= 4 is 34.6 Å². The maximum atomic E-state index is 14.3. The van der Waals surface area contributed by atoms with Crippen molar-refractivity contribution in [1.82, 2.24) is 29.2 Å². The molecule has 2 fully saturated rings. The first-order valence-corrected chi connectivity index (χ1v) is 18.6. The standard InChI is InChI=1S/C42H43F2N9O2/c1-50-19-7-20-51(25-24-50)30-16-22-52(23-17-30)31-13-14-34(36(27-31)55-2)46-42-45-18-15-35(47-42)40-38(48-37-12-3-4-21-53(37)40)28-8-5-9-29(26-28)41(54)49-39-32(43)10-6-11-33(39)44/h3-6,8-15,18,21,26-27,30H,7,16-17,19-20,22-25H2,1-2H3,(H,49,54)(H,45,46,47). The Kier molecular flexibility index (Phi) is 10.4. The molecule has 8 rings (SSSR count). The molecule has 0 spiro atoms. The number of amides is 1. The maximum absolute atomic E-state index is 14.3. The summed E-state index contributed by atoms with van der Waals surface area (Å²) in [6.07, 6.45) is 7.08. The van der Waals surface area contributed by atoms with Crippen molar-refractivity contribution in [2.24, 2.45) is 0 Å². The average molecular weight is 744 g/mol. The number of benzene rings is 3. The molecule has 0 aliphatic carbocycles. The molecule has 0 unspecified atom stereocenters. The van der Waals surface area contributed by atoms with Gasteiger partial charge in [0.15, 0.2) is 0 Å². The molecule has 282 valence electrons. The van der Waals surface area contributed by atoms with Crippen LogP contribution in [-0.2, 0) is 0 Å². The zero-order chi connectivity index (χ0) is 37.9. The Morgan fingerprint density at radius 1 is 0.855 bits per heavy atom. The van der Waals surface area contributed by atoms with E-state index in [1.807, 2.05) is 40.9 Å². The van der Waals surface area contributed by atoms with Crippen molar-refractivity contribution in [3.63, 3.8) is 0 Å². The Hall–Kier alpha value is -5.92. The third kappa shape index (κ3) is 7.71. The van der Waals surface area contributed by atoms with E-state index in [9.17, 15) is 13.6 Å². The van der Waals surface area contributed by atoms with E-state index in [0.29, 0.717) is 46.0 Å². The minimum absolute atomic E-state index is 0.207. The molecule has 2 N–H and O–H groups in total. The fourth-order valence-electron chi connectivity index (χ4n) is 7.62. The van der Waals surface area contributed by atoms with Crippen LogP contribution >= 0.6 is 0 Å². The van der Waals surface area contributed by atoms with E-state index >= 15 is 0 Å². The Labute approximate surface area is 318 Å². The van der Waals surface area contributed by atoms with E-state index in [2.05, 4.69) is 49.5 Å². The second kappa shape index (κ2) is 15.8. The summed E-state index contributed by atoms with van der Waals surface area (Å²) in [5.74, 6) is -1.33. The first-order valence-electron chi connectivity index (χ1n) is 18.6. The van der Waals surface area contributed by atoms with Gasteiger partial charge in [0, 0.05) is 67.5 Å². The number of piperidine rings is 1. The van der Waals surface area contributed by atoms with Crippen LogP contribution in [-0.4, -0.2) is 94.5 Å². The first kappa shape index (κ1) is 36.1. The van der Waals surface area contributed by atoms with Crippen molar-refractivity contribution < 1.29 is 18.3 Å². The highest BCUT2D eigenvalue weighted by molar-refractivity contribution is 6.05. The number of anilines is 4. The number of methoxy groups -OCH3 is 1. The molecule has 2 aliphatic rings. The van der Waals surface area contributed by atoms with Gasteiger partial charge in [0.2, 0.25) is 5.95 Å². The van der Waals surface area contributed by atoms with Crippen LogP contribution in [0.1, 0.15) is 29.6 Å². The summed E-state index contributed by atoms with van der Waals surface area (Å²) in [7, 11) is 3.88. The van der Waals surface area contributed by atoms with Crippen molar-refractivity contribution in [1.29, 1.82) is 0 Å². The summed E-state index contributed by atoms with van der Waals surface area (Å²) in [6.45, 7) is 6.63. The second-order valence-corrected chi connectivity index (χ2v) is 14.1. The molecule has 3 aromatic heterocycles. The number of nitrogens with zero attached hydrogens (tertiary/aromatic N) is 7. The van der Waals surface area contributed by atoms with Gasteiger partial charge in [-0.1, -0.05) is 24.3 Å². The fourth-order valence-corrected chi connectivity index (χ4v) is 7.62. The third-order valence-electron chi connectivity index (χ3n) is 10.6. The van der Waals surface area contributed by atoms with E-state index < -0.39 is 23.2 Å². The zero-order valence-electron chi connectivity index (χ0n) is 30.9. The predicted molar refractivity (Wildman–Crippen MR) is 211 cm³/mol. The van der Waals surface area contributed by atoms with Crippen LogP contribution < -0.4 is 20.3 Å². The summed E-state index contributed by atoms with van der Waals surface area (Å²) >= 11 is 0. The molecule has 0 bridgehead atoms. The lowest BCUT2D eigenvalue weighted by Gasteiger charge is -2.39. The number of fused-ring (bicyclic) bond motifs is 1. The normalized spacial score (nSPS) is 15.9. The quantitative estimate of drug-likeness (QED) is 0.158. The van der Waals surface area contributed by atoms with Crippen LogP contribution in [0.5, 0.6) is 5.75 Å². The summed E-state index contributed by atoms with van der Waals surface area (Å²) in [5.41, 5.74) is 4.68. The maximum Gasteiger partial charge on any atom is 0.255 e. The zero-order valence-corrected chi connectivity index (χ0v) is 30.9. The smallest absolute Gasteiger partial charge is 0.255 e. The number of ether oxygens (including phenoxy) is 1. The van der Waals surface area contributed by atoms with Gasteiger partial charge in [0.1, 0.15) is 28.7 Å². The number of halogens is 2. The van der Waals surface area contributed by atoms with Gasteiger partial charge in [0.25, 0.3) is 5.91 Å². The van der Waals surface area contributed by atoms with Crippen molar-refractivity contribution in [2.45, 2.75) is 25.3 Å². The number of para-hydroxylation sites is 1. The van der Waals surface area contributed by atoms with Gasteiger partial charge < -0.3 is 25.2 Å². The van der Waals surface area contributed by atoms with Gasteiger partial charge in [-0.3, -0.25) is 14.1 Å². The van der Waals surface area contributed by atoms with Crippen molar-refractivity contribution in [3.05, 3.63) is 115 Å². The Morgan fingerprint density at radius 2 is 1.67 bits per heavy atom. The number of likely N-dealkylation sites (N-methyl/N-ethyl adjacent to an activating group) is 1. The molecule has 0 radical (unpaired) electrons. The number of pyridine rings is 1. The SMILES string of the molecule is COc1cc(N2CCC(N3CCCN(C)CC3)CC2)ccc1Nc1nccc(-c2c(-c3cccc(C(=O)Nc4c(F)cccc4F)c3)nc3ccccn23)n1. The molecular formula is C42H43F2N9O2. The van der Waals surface area contributed by atoms with E-state index in [1.54, 1.807) is 37.6 Å². The van der Waals surface area contributed by atoms with Gasteiger partial charge in [-0.05, 0) is 94.0 Å². The number of hydrogen-bond donors (Lipinski definition) is 2. The Bertz CT molecular complexity index is 2300. The van der Waals surface area contributed by atoms with Crippen LogP contribution in [0, 0.1) is 11.6 Å². The second-order valence-electron chi connectivity index (χ2n) is 14.1. The summed E-state index contributed by atoms with van der Waals surface area (Å²) < 4.78 is 36.4. The first-order chi connectivity index (χ1) is 26.8. The number of carbonyl (C=O) groups is 1. The number of imidazole rings is 1. The molecule has 55 heavy (non-hydrogen) atoms.